The number of sulfonamides is 1. The minimum atomic E-state index is -3.61. The molecule has 9 nitrogen and oxygen atoms in total. The molecule has 1 amide bonds. The Hall–Kier alpha value is -2.73. The summed E-state index contributed by atoms with van der Waals surface area (Å²) in [6.07, 6.45) is 0. The number of aromatic nitrogens is 1. The Balaban J connectivity index is 2.01. The molecule has 0 N–H and O–H groups in total. The average Bonchev–Trinajstić information content (AvgIpc) is 3.29. The number of benzene rings is 2. The molecule has 190 valence electrons. The Morgan fingerprint density at radius 1 is 0.943 bits per heavy atom. The van der Waals surface area contributed by atoms with Gasteiger partial charge in [-0.15, -0.1) is 0 Å². The third-order valence-electron chi connectivity index (χ3n) is 5.59. The Kier molecular flexibility index (Phi) is 8.70. The van der Waals surface area contributed by atoms with Crippen molar-refractivity contribution in [1.29, 1.82) is 0 Å². The first-order valence-corrected chi connectivity index (χ1v) is 13.5. The van der Waals surface area contributed by atoms with E-state index in [4.69, 9.17) is 14.5 Å². The van der Waals surface area contributed by atoms with E-state index in [1.165, 1.54) is 27.8 Å². The number of amides is 1. The molecule has 3 aromatic rings. The lowest BCUT2D eigenvalue weighted by Gasteiger charge is -2.22. The van der Waals surface area contributed by atoms with Crippen molar-refractivity contribution in [3.8, 4) is 11.5 Å². The van der Waals surface area contributed by atoms with Crippen LogP contribution in [0.1, 0.15) is 24.2 Å². The number of rotatable bonds is 11. The number of ether oxygens (including phenoxy) is 2. The highest BCUT2D eigenvalue weighted by atomic mass is 32.2. The fraction of sp³-hybridized carbons (Fsp3) is 0.417. The zero-order chi connectivity index (χ0) is 25.8. The summed E-state index contributed by atoms with van der Waals surface area (Å²) in [7, 11) is 3.41. The van der Waals surface area contributed by atoms with E-state index in [2.05, 4.69) is 0 Å². The molecule has 0 radical (unpaired) electrons. The highest BCUT2D eigenvalue weighted by molar-refractivity contribution is 7.89. The molecule has 0 saturated heterocycles. The molecule has 1 aromatic heterocycles. The van der Waals surface area contributed by atoms with Crippen LogP contribution in [-0.4, -0.2) is 83.0 Å². The SMILES string of the molecule is CCN(CC)S(=O)(=O)c1ccc(C(=O)N(CCN(C)C)c2nc3c(OC)ccc(OC)c3s2)cc1. The smallest absolute Gasteiger partial charge is 0.260 e. The highest BCUT2D eigenvalue weighted by Gasteiger charge is 2.25. The minimum Gasteiger partial charge on any atom is -0.495 e. The molecule has 0 spiro atoms. The number of thiazole rings is 1. The molecule has 1 heterocycles. The van der Waals surface area contributed by atoms with Gasteiger partial charge in [0.25, 0.3) is 5.91 Å². The van der Waals surface area contributed by atoms with Gasteiger partial charge in [0.05, 0.1) is 19.1 Å². The van der Waals surface area contributed by atoms with Crippen LogP contribution in [0.4, 0.5) is 5.13 Å². The van der Waals surface area contributed by atoms with Crippen molar-refractivity contribution in [3.63, 3.8) is 0 Å². The predicted octanol–water partition coefficient (Wildman–Crippen LogP) is 3.55. The first-order chi connectivity index (χ1) is 16.7. The van der Waals surface area contributed by atoms with E-state index in [1.54, 1.807) is 51.2 Å². The number of nitrogens with zero attached hydrogens (tertiary/aromatic N) is 4. The topological polar surface area (TPSA) is 92.3 Å². The molecule has 0 bridgehead atoms. The van der Waals surface area contributed by atoms with Crippen molar-refractivity contribution < 1.29 is 22.7 Å². The third kappa shape index (κ3) is 5.58. The fourth-order valence-corrected chi connectivity index (χ4v) is 6.17. The number of carbonyl (C=O) groups is 1. The van der Waals surface area contributed by atoms with Crippen LogP contribution in [-0.2, 0) is 10.0 Å². The van der Waals surface area contributed by atoms with E-state index in [0.717, 1.165) is 4.70 Å². The molecule has 3 rings (SSSR count). The molecule has 0 fully saturated rings. The molecule has 35 heavy (non-hydrogen) atoms. The monoisotopic (exact) mass is 520 g/mol. The first kappa shape index (κ1) is 26.9. The van der Waals surface area contributed by atoms with Gasteiger partial charge in [-0.05, 0) is 50.5 Å². The third-order valence-corrected chi connectivity index (χ3v) is 8.75. The van der Waals surface area contributed by atoms with Gasteiger partial charge in [-0.2, -0.15) is 4.31 Å². The molecule has 0 aliphatic rings. The average molecular weight is 521 g/mol. The summed E-state index contributed by atoms with van der Waals surface area (Å²) in [6.45, 7) is 5.36. The molecule has 0 unspecified atom stereocenters. The first-order valence-electron chi connectivity index (χ1n) is 11.3. The van der Waals surface area contributed by atoms with Gasteiger partial charge in [-0.1, -0.05) is 25.2 Å². The number of fused-ring (bicyclic) bond motifs is 1. The van der Waals surface area contributed by atoms with Gasteiger partial charge in [0, 0.05) is 31.7 Å². The van der Waals surface area contributed by atoms with Gasteiger partial charge in [0.2, 0.25) is 10.0 Å². The molecular formula is C24H32N4O5S2. The Labute approximate surface area is 210 Å². The van der Waals surface area contributed by atoms with Crippen LogP contribution in [0.25, 0.3) is 10.2 Å². The van der Waals surface area contributed by atoms with E-state index >= 15 is 0 Å². The van der Waals surface area contributed by atoms with Crippen LogP contribution >= 0.6 is 11.3 Å². The second kappa shape index (κ2) is 11.3. The second-order valence-corrected chi connectivity index (χ2v) is 10.9. The molecule has 0 aliphatic heterocycles. The van der Waals surface area contributed by atoms with Gasteiger partial charge in [0.1, 0.15) is 21.7 Å². The van der Waals surface area contributed by atoms with Crippen molar-refractivity contribution in [2.45, 2.75) is 18.7 Å². The van der Waals surface area contributed by atoms with Crippen LogP contribution in [0.15, 0.2) is 41.3 Å². The summed E-state index contributed by atoms with van der Waals surface area (Å²) in [6, 6.07) is 9.66. The van der Waals surface area contributed by atoms with Crippen LogP contribution in [0.5, 0.6) is 11.5 Å². The molecule has 0 saturated carbocycles. The van der Waals surface area contributed by atoms with Gasteiger partial charge in [-0.25, -0.2) is 13.4 Å². The summed E-state index contributed by atoms with van der Waals surface area (Å²) in [5.74, 6) is 0.973. The quantitative estimate of drug-likeness (QED) is 0.382. The maximum Gasteiger partial charge on any atom is 0.260 e. The van der Waals surface area contributed by atoms with Gasteiger partial charge < -0.3 is 14.4 Å². The van der Waals surface area contributed by atoms with Crippen molar-refractivity contribution >= 4 is 42.6 Å². The van der Waals surface area contributed by atoms with E-state index in [0.29, 0.717) is 53.9 Å². The fourth-order valence-electron chi connectivity index (χ4n) is 3.61. The van der Waals surface area contributed by atoms with Crippen LogP contribution in [0, 0.1) is 0 Å². The summed E-state index contributed by atoms with van der Waals surface area (Å²) < 4.78 is 38.8. The van der Waals surface area contributed by atoms with Crippen LogP contribution in [0.2, 0.25) is 0 Å². The number of likely N-dealkylation sites (N-methyl/N-ethyl adjacent to an activating group) is 1. The second-order valence-electron chi connectivity index (χ2n) is 8.02. The largest absolute Gasteiger partial charge is 0.495 e. The minimum absolute atomic E-state index is 0.159. The number of hydrogen-bond donors (Lipinski definition) is 0. The highest BCUT2D eigenvalue weighted by Crippen LogP contribution is 2.40. The number of carbonyl (C=O) groups excluding carboxylic acids is 1. The Morgan fingerprint density at radius 3 is 2.09 bits per heavy atom. The van der Waals surface area contributed by atoms with Crippen LogP contribution < -0.4 is 14.4 Å². The lowest BCUT2D eigenvalue weighted by Crippen LogP contribution is -2.36. The lowest BCUT2D eigenvalue weighted by atomic mass is 10.2. The summed E-state index contributed by atoms with van der Waals surface area (Å²) in [5.41, 5.74) is 0.996. The number of hydrogen-bond acceptors (Lipinski definition) is 8. The molecule has 11 heteroatoms. The van der Waals surface area contributed by atoms with Crippen LogP contribution in [0.3, 0.4) is 0 Å². The molecule has 2 aromatic carbocycles. The van der Waals surface area contributed by atoms with Crippen molar-refractivity contribution in [3.05, 3.63) is 42.0 Å². The van der Waals surface area contributed by atoms with E-state index < -0.39 is 10.0 Å². The summed E-state index contributed by atoms with van der Waals surface area (Å²) in [5, 5.41) is 0.509. The van der Waals surface area contributed by atoms with Crippen molar-refractivity contribution in [2.24, 2.45) is 0 Å². The lowest BCUT2D eigenvalue weighted by molar-refractivity contribution is 0.0985. The normalized spacial score (nSPS) is 11.9. The molecule has 0 atom stereocenters. The zero-order valence-corrected chi connectivity index (χ0v) is 22.6. The predicted molar refractivity (Wildman–Crippen MR) is 140 cm³/mol. The van der Waals surface area contributed by atoms with E-state index in [9.17, 15) is 13.2 Å². The van der Waals surface area contributed by atoms with E-state index in [-0.39, 0.29) is 10.8 Å². The maximum absolute atomic E-state index is 13.6. The molecule has 0 aliphatic carbocycles. The summed E-state index contributed by atoms with van der Waals surface area (Å²) >= 11 is 1.35. The Morgan fingerprint density at radius 2 is 1.54 bits per heavy atom. The standard InChI is InChI=1S/C24H32N4O5S2/c1-7-27(8-2)35(30,31)18-11-9-17(10-12-18)23(29)28(16-15-26(3)4)24-25-21-19(32-5)13-14-20(33-6)22(21)34-24/h9-14H,7-8,15-16H2,1-6H3. The summed E-state index contributed by atoms with van der Waals surface area (Å²) in [4.78, 5) is 22.1. The van der Waals surface area contributed by atoms with Gasteiger partial charge in [-0.3, -0.25) is 9.69 Å². The van der Waals surface area contributed by atoms with Gasteiger partial charge in [0.15, 0.2) is 5.13 Å². The number of methoxy groups -OCH3 is 2. The van der Waals surface area contributed by atoms with E-state index in [1.807, 2.05) is 25.1 Å². The number of anilines is 1. The molecular weight excluding hydrogens is 488 g/mol. The maximum atomic E-state index is 13.6. The zero-order valence-electron chi connectivity index (χ0n) is 20.9. The van der Waals surface area contributed by atoms with Gasteiger partial charge >= 0.3 is 0 Å². The van der Waals surface area contributed by atoms with Crippen molar-refractivity contribution in [2.75, 3.05) is 59.4 Å². The van der Waals surface area contributed by atoms with Crippen molar-refractivity contribution in [1.82, 2.24) is 14.2 Å². The Bertz CT molecular complexity index is 1230.